The quantitative estimate of drug-likeness (QED) is 0.942. The van der Waals surface area contributed by atoms with Crippen molar-refractivity contribution in [2.45, 2.75) is 23.7 Å². The maximum Gasteiger partial charge on any atom is 0.263 e. The summed E-state index contributed by atoms with van der Waals surface area (Å²) in [6, 6.07) is 7.63. The number of hydrogen-bond acceptors (Lipinski definition) is 4. The highest BCUT2D eigenvalue weighted by Crippen LogP contribution is 2.38. The number of nitrogens with zero attached hydrogens (tertiary/aromatic N) is 2. The molecule has 1 aromatic heterocycles. The summed E-state index contributed by atoms with van der Waals surface area (Å²) in [6.07, 6.45) is 3.69. The SMILES string of the molecule is O=S(=O)(Nc1ccnc(C2CC2)n1)c1cccc(Cl)c1. The number of halogens is 1. The lowest BCUT2D eigenvalue weighted by molar-refractivity contribution is 0.601. The van der Waals surface area contributed by atoms with Crippen LogP contribution >= 0.6 is 11.6 Å². The van der Waals surface area contributed by atoms with Crippen molar-refractivity contribution in [2.24, 2.45) is 0 Å². The van der Waals surface area contributed by atoms with Gasteiger partial charge in [0.15, 0.2) is 0 Å². The molecule has 0 saturated heterocycles. The predicted molar refractivity (Wildman–Crippen MR) is 76.3 cm³/mol. The lowest BCUT2D eigenvalue weighted by atomic mass is 10.4. The molecule has 0 aliphatic heterocycles. The van der Waals surface area contributed by atoms with Gasteiger partial charge in [-0.2, -0.15) is 0 Å². The minimum atomic E-state index is -3.68. The molecule has 5 nitrogen and oxygen atoms in total. The van der Waals surface area contributed by atoms with Gasteiger partial charge in [0.05, 0.1) is 4.90 Å². The normalized spacial score (nSPS) is 15.1. The zero-order valence-electron chi connectivity index (χ0n) is 10.5. The topological polar surface area (TPSA) is 72.0 Å². The molecule has 0 bridgehead atoms. The zero-order chi connectivity index (χ0) is 14.2. The number of nitrogens with one attached hydrogen (secondary N) is 1. The summed E-state index contributed by atoms with van der Waals surface area (Å²) in [7, 11) is -3.68. The number of sulfonamides is 1. The van der Waals surface area contributed by atoms with Crippen LogP contribution in [0.1, 0.15) is 24.6 Å². The van der Waals surface area contributed by atoms with Crippen LogP contribution in [0.15, 0.2) is 41.4 Å². The van der Waals surface area contributed by atoms with E-state index in [1.807, 2.05) is 0 Å². The second-order valence-electron chi connectivity index (χ2n) is 4.64. The Bertz CT molecular complexity index is 745. The Labute approximate surface area is 122 Å². The first-order valence-corrected chi connectivity index (χ1v) is 8.02. The zero-order valence-corrected chi connectivity index (χ0v) is 12.0. The maximum atomic E-state index is 12.2. The van der Waals surface area contributed by atoms with Gasteiger partial charge in [-0.3, -0.25) is 4.72 Å². The molecule has 0 atom stereocenters. The van der Waals surface area contributed by atoms with E-state index in [1.165, 1.54) is 18.2 Å². The van der Waals surface area contributed by atoms with Gasteiger partial charge in [-0.15, -0.1) is 0 Å². The van der Waals surface area contributed by atoms with E-state index in [4.69, 9.17) is 11.6 Å². The molecule has 20 heavy (non-hydrogen) atoms. The van der Waals surface area contributed by atoms with E-state index in [2.05, 4.69) is 14.7 Å². The van der Waals surface area contributed by atoms with Crippen LogP contribution in [-0.2, 0) is 10.0 Å². The van der Waals surface area contributed by atoms with Gasteiger partial charge in [0, 0.05) is 17.1 Å². The molecule has 0 radical (unpaired) electrons. The van der Waals surface area contributed by atoms with Gasteiger partial charge in [-0.1, -0.05) is 17.7 Å². The smallest absolute Gasteiger partial charge is 0.263 e. The third-order valence-corrected chi connectivity index (χ3v) is 4.55. The first kappa shape index (κ1) is 13.3. The lowest BCUT2D eigenvalue weighted by Crippen LogP contribution is -2.14. The van der Waals surface area contributed by atoms with Crippen molar-refractivity contribution in [1.82, 2.24) is 9.97 Å². The molecule has 1 heterocycles. The Morgan fingerprint density at radius 2 is 2.05 bits per heavy atom. The van der Waals surface area contributed by atoms with Crippen molar-refractivity contribution < 1.29 is 8.42 Å². The van der Waals surface area contributed by atoms with Crippen molar-refractivity contribution in [3.8, 4) is 0 Å². The van der Waals surface area contributed by atoms with Gasteiger partial charge in [-0.25, -0.2) is 18.4 Å². The first-order chi connectivity index (χ1) is 9.54. The Kier molecular flexibility index (Phi) is 3.35. The predicted octanol–water partition coefficient (Wildman–Crippen LogP) is 2.81. The van der Waals surface area contributed by atoms with E-state index in [0.717, 1.165) is 12.8 Å². The molecule has 1 aliphatic carbocycles. The third kappa shape index (κ3) is 2.91. The molecular formula is C13H12ClN3O2S. The Hall–Kier alpha value is -1.66. The molecule has 104 valence electrons. The summed E-state index contributed by atoms with van der Waals surface area (Å²) in [5.41, 5.74) is 0. The Morgan fingerprint density at radius 1 is 1.25 bits per heavy atom. The first-order valence-electron chi connectivity index (χ1n) is 6.16. The van der Waals surface area contributed by atoms with Crippen molar-refractivity contribution in [3.63, 3.8) is 0 Å². The van der Waals surface area contributed by atoms with Gasteiger partial charge in [-0.05, 0) is 37.1 Å². The van der Waals surface area contributed by atoms with Crippen LogP contribution < -0.4 is 4.72 Å². The number of rotatable bonds is 4. The molecule has 0 spiro atoms. The fourth-order valence-electron chi connectivity index (χ4n) is 1.80. The highest BCUT2D eigenvalue weighted by Gasteiger charge is 2.27. The highest BCUT2D eigenvalue weighted by atomic mass is 35.5. The summed E-state index contributed by atoms with van der Waals surface area (Å²) in [6.45, 7) is 0. The second-order valence-corrected chi connectivity index (χ2v) is 6.76. The van der Waals surface area contributed by atoms with Crippen molar-refractivity contribution in [2.75, 3.05) is 4.72 Å². The highest BCUT2D eigenvalue weighted by molar-refractivity contribution is 7.92. The van der Waals surface area contributed by atoms with Crippen LogP contribution in [0, 0.1) is 0 Å². The van der Waals surface area contributed by atoms with Gasteiger partial charge in [0.25, 0.3) is 10.0 Å². The Balaban J connectivity index is 1.87. The number of aromatic nitrogens is 2. The van der Waals surface area contributed by atoms with E-state index >= 15 is 0 Å². The summed E-state index contributed by atoms with van der Waals surface area (Å²) in [5.74, 6) is 1.34. The van der Waals surface area contributed by atoms with E-state index in [9.17, 15) is 8.42 Å². The van der Waals surface area contributed by atoms with Gasteiger partial charge < -0.3 is 0 Å². The molecule has 2 aromatic rings. The molecule has 1 N–H and O–H groups in total. The van der Waals surface area contributed by atoms with Crippen molar-refractivity contribution in [1.29, 1.82) is 0 Å². The van der Waals surface area contributed by atoms with E-state index in [0.29, 0.717) is 16.8 Å². The van der Waals surface area contributed by atoms with Gasteiger partial charge in [0.2, 0.25) is 0 Å². The molecule has 7 heteroatoms. The molecule has 1 aromatic carbocycles. The van der Waals surface area contributed by atoms with E-state index in [-0.39, 0.29) is 10.7 Å². The van der Waals surface area contributed by atoms with Crippen molar-refractivity contribution >= 4 is 27.4 Å². The van der Waals surface area contributed by atoms with Crippen molar-refractivity contribution in [3.05, 3.63) is 47.4 Å². The fourth-order valence-corrected chi connectivity index (χ4v) is 3.10. The standard InChI is InChI=1S/C13H12ClN3O2S/c14-10-2-1-3-11(8-10)20(18,19)17-12-6-7-15-13(16-12)9-4-5-9/h1-3,6-9H,4-5H2,(H,15,16,17). The number of benzene rings is 1. The molecule has 1 saturated carbocycles. The molecule has 1 aliphatic rings. The molecular weight excluding hydrogens is 298 g/mol. The van der Waals surface area contributed by atoms with E-state index in [1.54, 1.807) is 18.3 Å². The van der Waals surface area contributed by atoms with Crippen LogP contribution in [0.3, 0.4) is 0 Å². The van der Waals surface area contributed by atoms with Gasteiger partial charge >= 0.3 is 0 Å². The van der Waals surface area contributed by atoms with Crippen LogP contribution in [0.4, 0.5) is 5.82 Å². The average Bonchev–Trinajstić information content (AvgIpc) is 3.23. The maximum absolute atomic E-state index is 12.2. The molecule has 0 unspecified atom stereocenters. The second kappa shape index (κ2) is 5.03. The van der Waals surface area contributed by atoms with Crippen LogP contribution in [-0.4, -0.2) is 18.4 Å². The fraction of sp³-hybridized carbons (Fsp3) is 0.231. The van der Waals surface area contributed by atoms with Crippen LogP contribution in [0.5, 0.6) is 0 Å². The lowest BCUT2D eigenvalue weighted by Gasteiger charge is -2.08. The number of anilines is 1. The summed E-state index contributed by atoms with van der Waals surface area (Å²) < 4.78 is 26.9. The largest absolute Gasteiger partial charge is 0.263 e. The third-order valence-electron chi connectivity index (χ3n) is 2.96. The van der Waals surface area contributed by atoms with Crippen LogP contribution in [0.25, 0.3) is 0 Å². The van der Waals surface area contributed by atoms with Crippen LogP contribution in [0.2, 0.25) is 5.02 Å². The monoisotopic (exact) mass is 309 g/mol. The minimum Gasteiger partial charge on any atom is -0.263 e. The molecule has 3 rings (SSSR count). The van der Waals surface area contributed by atoms with Gasteiger partial charge in [0.1, 0.15) is 11.6 Å². The molecule has 0 amide bonds. The summed E-state index contributed by atoms with van der Waals surface area (Å²) in [5, 5.41) is 0.370. The molecule has 1 fully saturated rings. The Morgan fingerprint density at radius 3 is 2.75 bits per heavy atom. The average molecular weight is 310 g/mol. The summed E-state index contributed by atoms with van der Waals surface area (Å²) >= 11 is 5.81. The minimum absolute atomic E-state index is 0.108. The number of hydrogen-bond donors (Lipinski definition) is 1. The van der Waals surface area contributed by atoms with E-state index < -0.39 is 10.0 Å². The summed E-state index contributed by atoms with van der Waals surface area (Å²) in [4.78, 5) is 8.49.